The summed E-state index contributed by atoms with van der Waals surface area (Å²) >= 11 is 0. The average molecular weight is 408 g/mol. The van der Waals surface area contributed by atoms with Crippen LogP contribution in [-0.2, 0) is 35.8 Å². The van der Waals surface area contributed by atoms with Gasteiger partial charge < -0.3 is 4.13 Å². The maximum absolute atomic E-state index is 11.8. The van der Waals surface area contributed by atoms with Crippen LogP contribution in [0.2, 0.25) is 0 Å². The number of hydrogen-bond acceptors (Lipinski definition) is 8. The molecule has 0 aromatic heterocycles. The van der Waals surface area contributed by atoms with Gasteiger partial charge in [-0.25, -0.2) is 33.7 Å². The summed E-state index contributed by atoms with van der Waals surface area (Å²) in [5, 5.41) is 0. The van der Waals surface area contributed by atoms with E-state index in [1.54, 1.807) is 0 Å². The lowest BCUT2D eigenvalue weighted by Crippen LogP contribution is -2.35. The molecule has 0 aliphatic rings. The zero-order valence-corrected chi connectivity index (χ0v) is 11.9. The Bertz CT molecular complexity index is 751. The van der Waals surface area contributed by atoms with Gasteiger partial charge in [0.25, 0.3) is 0 Å². The van der Waals surface area contributed by atoms with Crippen molar-refractivity contribution in [2.24, 2.45) is 0 Å². The molecule has 19 heteroatoms. The fourth-order valence-corrected chi connectivity index (χ4v) is 7.11. The van der Waals surface area contributed by atoms with Crippen molar-refractivity contribution >= 4 is 35.8 Å². The van der Waals surface area contributed by atoms with Gasteiger partial charge in [0.2, 0.25) is 0 Å². The molecule has 0 spiro atoms. The Balaban J connectivity index is 6.17. The molecule has 0 aliphatic heterocycles. The van der Waals surface area contributed by atoms with Crippen molar-refractivity contribution in [1.82, 2.24) is 0 Å². The molecule has 0 amide bonds. The molecule has 0 saturated heterocycles. The normalized spacial score (nSPS) is 15.9. The van der Waals surface area contributed by atoms with Crippen molar-refractivity contribution in [2.45, 2.75) is 11.0 Å². The highest BCUT2D eigenvalue weighted by molar-refractivity contribution is 8.77. The Labute approximate surface area is 111 Å². The number of alkyl halides is 6. The maximum Gasteiger partial charge on any atom is 0.510 e. The van der Waals surface area contributed by atoms with Crippen LogP contribution in [0.15, 0.2) is 0 Å². The van der Waals surface area contributed by atoms with Crippen molar-refractivity contribution in [3.8, 4) is 0 Å². The molecule has 0 saturated carbocycles. The number of rotatable bonds is 4. The van der Waals surface area contributed by atoms with Gasteiger partial charge in [0.15, 0.2) is 18.1 Å². The fraction of sp³-hybridized carbons (Fsp3) is 1.00. The smallest absolute Gasteiger partial charge is 0.408 e. The lowest BCUT2D eigenvalue weighted by molar-refractivity contribution is -0.0418. The molecule has 9 nitrogen and oxygen atoms in total. The number of nitrogens with zero attached hydrogens (tertiary/aromatic N) is 1. The summed E-state index contributed by atoms with van der Waals surface area (Å²) in [6.07, 6.45) is 0. The Morgan fingerprint density at radius 1 is 0.524 bits per heavy atom. The fourth-order valence-electron chi connectivity index (χ4n) is 0.431. The van der Waals surface area contributed by atoms with Crippen LogP contribution < -0.4 is 0 Å². The summed E-state index contributed by atoms with van der Waals surface area (Å²) in [6.45, 7) is 0. The van der Waals surface area contributed by atoms with Gasteiger partial charge in [-0.15, -0.1) is 0 Å². The van der Waals surface area contributed by atoms with E-state index in [1.807, 2.05) is 0 Å². The van der Waals surface area contributed by atoms with Crippen molar-refractivity contribution < 1.29 is 60.0 Å². The molecule has 0 aliphatic carbocycles. The lowest BCUT2D eigenvalue weighted by Gasteiger charge is -2.21. The monoisotopic (exact) mass is 408 g/mol. The third kappa shape index (κ3) is 3.40. The molecule has 21 heavy (non-hydrogen) atoms. The van der Waals surface area contributed by atoms with Gasteiger partial charge in [-0.2, -0.15) is 26.3 Å². The van der Waals surface area contributed by atoms with Gasteiger partial charge in [-0.05, 0) is 0 Å². The van der Waals surface area contributed by atoms with Crippen molar-refractivity contribution in [3.05, 3.63) is 4.13 Å². The van der Waals surface area contributed by atoms with Gasteiger partial charge in [-0.1, -0.05) is 0 Å². The van der Waals surface area contributed by atoms with E-state index in [2.05, 4.69) is 0 Å². The van der Waals surface area contributed by atoms with Crippen LogP contribution in [0.4, 0.5) is 26.3 Å². The largest absolute Gasteiger partial charge is 0.510 e. The minimum Gasteiger partial charge on any atom is -0.408 e. The van der Waals surface area contributed by atoms with E-state index >= 15 is 0 Å². The molecule has 0 N–H and O–H groups in total. The Morgan fingerprint density at radius 3 is 0.857 bits per heavy atom. The standard InChI is InChI=1S/C2F6NO8S4/c3-1(4,5)18(10,11)20(14,15)9-21(16,17)19(12,13)2(6,7)8/q-1. The summed E-state index contributed by atoms with van der Waals surface area (Å²) in [6, 6.07) is 0. The Morgan fingerprint density at radius 2 is 0.714 bits per heavy atom. The molecule has 0 fully saturated rings. The molecule has 0 rings (SSSR count). The number of halogens is 6. The quantitative estimate of drug-likeness (QED) is 0.455. The van der Waals surface area contributed by atoms with Crippen LogP contribution >= 0.6 is 0 Å². The predicted molar refractivity (Wildman–Crippen MR) is 51.1 cm³/mol. The summed E-state index contributed by atoms with van der Waals surface area (Å²) in [7, 11) is -29.3. The highest BCUT2D eigenvalue weighted by Gasteiger charge is 2.56. The van der Waals surface area contributed by atoms with Gasteiger partial charge in [0.05, 0.1) is 0 Å². The molecule has 128 valence electrons. The van der Waals surface area contributed by atoms with Crippen LogP contribution in [0, 0.1) is 0 Å². The van der Waals surface area contributed by atoms with E-state index in [-0.39, 0.29) is 0 Å². The second-order valence-corrected chi connectivity index (χ2v) is 12.9. The molecule has 0 unspecified atom stereocenters. The van der Waals surface area contributed by atoms with Crippen LogP contribution in [0.25, 0.3) is 4.13 Å². The van der Waals surface area contributed by atoms with Crippen molar-refractivity contribution in [3.63, 3.8) is 0 Å². The van der Waals surface area contributed by atoms with Gasteiger partial charge in [0.1, 0.15) is 0 Å². The third-order valence-corrected chi connectivity index (χ3v) is 10.6. The first kappa shape index (κ1) is 20.3. The van der Waals surface area contributed by atoms with Gasteiger partial charge in [0, 0.05) is 0 Å². The van der Waals surface area contributed by atoms with Crippen LogP contribution in [0.1, 0.15) is 0 Å². The first-order chi connectivity index (χ1) is 8.71. The van der Waals surface area contributed by atoms with Crippen LogP contribution in [-0.4, -0.2) is 44.7 Å². The van der Waals surface area contributed by atoms with E-state index in [0.29, 0.717) is 0 Å². The van der Waals surface area contributed by atoms with Gasteiger partial charge in [-0.3, -0.25) is 0 Å². The van der Waals surface area contributed by atoms with E-state index in [4.69, 9.17) is 0 Å². The van der Waals surface area contributed by atoms with Crippen molar-refractivity contribution in [1.29, 1.82) is 0 Å². The van der Waals surface area contributed by atoms with Gasteiger partial charge >= 0.3 is 28.8 Å². The summed E-state index contributed by atoms with van der Waals surface area (Å²) in [5.41, 5.74) is -13.3. The summed E-state index contributed by atoms with van der Waals surface area (Å²) < 4.78 is 156. The SMILES string of the molecule is O=S(=O)([N-]S(=O)(=O)S(=O)(=O)C(F)(F)F)S(=O)(=O)C(F)(F)F. The third-order valence-electron chi connectivity index (χ3n) is 1.30. The predicted octanol–water partition coefficient (Wildman–Crippen LogP) is -0.281. The minimum absolute atomic E-state index is 0.746. The first-order valence-electron chi connectivity index (χ1n) is 3.57. The molecule has 0 atom stereocenters. The molecular formula is C2F6NO8S4-. The highest BCUT2D eigenvalue weighted by atomic mass is 33.2. The molecule has 0 heterocycles. The summed E-state index contributed by atoms with van der Waals surface area (Å²) in [4.78, 5) is 0. The molecule has 0 bridgehead atoms. The van der Waals surface area contributed by atoms with E-state index in [1.165, 1.54) is 0 Å². The van der Waals surface area contributed by atoms with E-state index < -0.39 is 46.9 Å². The highest BCUT2D eigenvalue weighted by Crippen LogP contribution is 2.37. The minimum atomic E-state index is -7.42. The number of hydrogen-bond donors (Lipinski definition) is 0. The van der Waals surface area contributed by atoms with Crippen molar-refractivity contribution in [2.75, 3.05) is 0 Å². The molecule has 0 aromatic rings. The lowest BCUT2D eigenvalue weighted by atomic mass is 11.6. The molecule has 0 radical (unpaired) electrons. The Hall–Kier alpha value is -0.660. The van der Waals surface area contributed by atoms with E-state index in [9.17, 15) is 60.0 Å². The van der Waals surface area contributed by atoms with Crippen LogP contribution in [0.5, 0.6) is 0 Å². The average Bonchev–Trinajstić information content (AvgIpc) is 2.11. The maximum atomic E-state index is 11.8. The zero-order valence-electron chi connectivity index (χ0n) is 8.61. The second kappa shape index (κ2) is 4.93. The second-order valence-electron chi connectivity index (χ2n) is 2.73. The van der Waals surface area contributed by atoms with E-state index in [0.717, 1.165) is 4.13 Å². The molecular weight excluding hydrogens is 408 g/mol. The topological polar surface area (TPSA) is 151 Å². The molecule has 0 aromatic carbocycles. The Kier molecular flexibility index (Phi) is 4.77. The van der Waals surface area contributed by atoms with Crippen LogP contribution in [0.3, 0.4) is 0 Å². The first-order valence-corrected chi connectivity index (χ1v) is 10.5. The summed E-state index contributed by atoms with van der Waals surface area (Å²) in [5.74, 6) is 0. The zero-order chi connectivity index (χ0) is 17.7.